The molecule has 2 saturated carbocycles. The number of hydrogen-bond donors (Lipinski definition) is 2. The summed E-state index contributed by atoms with van der Waals surface area (Å²) in [5, 5.41) is 4.17. The van der Waals surface area contributed by atoms with Gasteiger partial charge in [-0.15, -0.1) is 0 Å². The van der Waals surface area contributed by atoms with Crippen LogP contribution >= 0.6 is 11.6 Å². The van der Waals surface area contributed by atoms with Crippen LogP contribution in [-0.4, -0.2) is 20.6 Å². The number of halogens is 1. The summed E-state index contributed by atoms with van der Waals surface area (Å²) in [5.74, 6) is 1.73. The highest BCUT2D eigenvalue weighted by atomic mass is 35.5. The van der Waals surface area contributed by atoms with Crippen molar-refractivity contribution in [3.05, 3.63) is 99.3 Å². The molecule has 0 unspecified atom stereocenters. The fourth-order valence-corrected chi connectivity index (χ4v) is 4.75. The van der Waals surface area contributed by atoms with Crippen molar-refractivity contribution in [1.29, 1.82) is 0 Å². The van der Waals surface area contributed by atoms with Gasteiger partial charge in [0.05, 0.1) is 24.1 Å². The Balaban J connectivity index is 1.08. The highest BCUT2D eigenvalue weighted by Crippen LogP contribution is 2.47. The number of imidazole rings is 1. The maximum absolute atomic E-state index is 12.3. The number of fused-ring (bicyclic) bond motifs is 1. The number of pyridine rings is 2. The van der Waals surface area contributed by atoms with E-state index in [-0.39, 0.29) is 5.56 Å². The molecular formula is C26H26ClN5O. The van der Waals surface area contributed by atoms with E-state index in [4.69, 9.17) is 16.6 Å². The predicted octanol–water partition coefficient (Wildman–Crippen LogP) is 4.99. The molecule has 0 radical (unpaired) electrons. The van der Waals surface area contributed by atoms with E-state index in [1.165, 1.54) is 24.0 Å². The quantitative estimate of drug-likeness (QED) is 0.390. The van der Waals surface area contributed by atoms with Crippen LogP contribution < -0.4 is 16.3 Å². The van der Waals surface area contributed by atoms with Gasteiger partial charge in [0.25, 0.3) is 5.56 Å². The number of hydrogen-bond acceptors (Lipinski definition) is 4. The molecule has 0 saturated heterocycles. The molecule has 168 valence electrons. The fourth-order valence-electron chi connectivity index (χ4n) is 4.55. The number of aromatic nitrogens is 3. The van der Waals surface area contributed by atoms with Crippen molar-refractivity contribution in [2.45, 2.75) is 37.6 Å². The number of anilines is 1. The Hall–Kier alpha value is -3.25. The molecule has 3 aromatic heterocycles. The van der Waals surface area contributed by atoms with E-state index in [1.54, 1.807) is 10.7 Å². The van der Waals surface area contributed by atoms with Crippen molar-refractivity contribution in [1.82, 2.24) is 14.1 Å². The van der Waals surface area contributed by atoms with Gasteiger partial charge in [-0.25, -0.2) is 9.66 Å². The maximum atomic E-state index is 12.3. The van der Waals surface area contributed by atoms with E-state index < -0.39 is 0 Å². The molecule has 0 aliphatic heterocycles. The number of nitrogens with one attached hydrogen (secondary N) is 2. The van der Waals surface area contributed by atoms with Gasteiger partial charge >= 0.3 is 0 Å². The lowest BCUT2D eigenvalue weighted by atomic mass is 10.1. The second-order valence-corrected chi connectivity index (χ2v) is 9.67. The van der Waals surface area contributed by atoms with Gasteiger partial charge in [-0.2, -0.15) is 0 Å². The van der Waals surface area contributed by atoms with E-state index >= 15 is 0 Å². The molecule has 2 atom stereocenters. The first kappa shape index (κ1) is 20.4. The van der Waals surface area contributed by atoms with Gasteiger partial charge < -0.3 is 15.1 Å². The van der Waals surface area contributed by atoms with Gasteiger partial charge in [-0.3, -0.25) is 4.79 Å². The molecular weight excluding hydrogens is 434 g/mol. The Kier molecular flexibility index (Phi) is 5.10. The summed E-state index contributed by atoms with van der Waals surface area (Å²) in [7, 11) is 0. The third kappa shape index (κ3) is 4.48. The molecule has 6 nitrogen and oxygen atoms in total. The Labute approximate surface area is 197 Å². The standard InChI is InChI=1S/C26H26ClN5O/c27-21-3-1-2-18(10-21)24-11-20(24)12-29-32-16-22(7-9-26(32)33)28-13-23-15-31-14-19(17-4-5-17)6-8-25(31)30-23/h1-3,6-10,14-17,20,24,28-29H,4-5,11-13H2/t20-,24-/m1/s1. The molecule has 2 aliphatic carbocycles. The number of rotatable bonds is 8. The predicted molar refractivity (Wildman–Crippen MR) is 132 cm³/mol. The average Bonchev–Trinajstić information content (AvgIpc) is 3.74. The zero-order valence-corrected chi connectivity index (χ0v) is 19.0. The number of nitrogens with zero attached hydrogens (tertiary/aromatic N) is 3. The van der Waals surface area contributed by atoms with Crippen molar-refractivity contribution < 1.29 is 0 Å². The normalized spacial score (nSPS) is 19.5. The zero-order valence-electron chi connectivity index (χ0n) is 18.2. The second-order valence-electron chi connectivity index (χ2n) is 9.23. The van der Waals surface area contributed by atoms with E-state index in [9.17, 15) is 4.79 Å². The lowest BCUT2D eigenvalue weighted by Gasteiger charge is -2.12. The topological polar surface area (TPSA) is 63.4 Å². The SMILES string of the molecule is O=c1ccc(NCc2cn3cc(C4CC4)ccc3n2)cn1NC[C@H]1C[C@@H]1c1cccc(Cl)c1. The third-order valence-corrected chi connectivity index (χ3v) is 6.92. The van der Waals surface area contributed by atoms with Crippen LogP contribution in [0.3, 0.4) is 0 Å². The summed E-state index contributed by atoms with van der Waals surface area (Å²) < 4.78 is 3.68. The van der Waals surface area contributed by atoms with E-state index in [1.807, 2.05) is 30.5 Å². The Morgan fingerprint density at radius 2 is 1.94 bits per heavy atom. The molecule has 0 spiro atoms. The highest BCUT2D eigenvalue weighted by molar-refractivity contribution is 6.30. The maximum Gasteiger partial charge on any atom is 0.268 e. The summed E-state index contributed by atoms with van der Waals surface area (Å²) in [5.41, 5.74) is 8.68. The van der Waals surface area contributed by atoms with Crippen molar-refractivity contribution in [2.75, 3.05) is 17.3 Å². The van der Waals surface area contributed by atoms with Crippen LogP contribution in [0.4, 0.5) is 5.69 Å². The molecule has 7 heteroatoms. The van der Waals surface area contributed by atoms with Crippen LogP contribution in [0.15, 0.2) is 71.9 Å². The fraction of sp³-hybridized carbons (Fsp3) is 0.308. The van der Waals surface area contributed by atoms with Crippen molar-refractivity contribution in [2.24, 2.45) is 5.92 Å². The van der Waals surface area contributed by atoms with Crippen LogP contribution in [0.5, 0.6) is 0 Å². The monoisotopic (exact) mass is 459 g/mol. The van der Waals surface area contributed by atoms with Crippen molar-refractivity contribution >= 4 is 22.9 Å². The lowest BCUT2D eigenvalue weighted by molar-refractivity contribution is 0.728. The van der Waals surface area contributed by atoms with E-state index in [2.05, 4.69) is 45.7 Å². The highest BCUT2D eigenvalue weighted by Gasteiger charge is 2.38. The van der Waals surface area contributed by atoms with Gasteiger partial charge in [0.15, 0.2) is 0 Å². The molecule has 2 N–H and O–H groups in total. The van der Waals surface area contributed by atoms with Crippen molar-refractivity contribution in [3.8, 4) is 0 Å². The third-order valence-electron chi connectivity index (χ3n) is 6.68. The van der Waals surface area contributed by atoms with Gasteiger partial charge in [-0.05, 0) is 72.4 Å². The summed E-state index contributed by atoms with van der Waals surface area (Å²) in [6.07, 6.45) is 9.78. The first-order valence-electron chi connectivity index (χ1n) is 11.6. The smallest absolute Gasteiger partial charge is 0.268 e. The van der Waals surface area contributed by atoms with Crippen LogP contribution in [0, 0.1) is 5.92 Å². The lowest BCUT2D eigenvalue weighted by Crippen LogP contribution is -2.29. The molecule has 2 aliphatic rings. The molecule has 2 fully saturated rings. The molecule has 3 heterocycles. The van der Waals surface area contributed by atoms with Crippen LogP contribution in [0.2, 0.25) is 5.02 Å². The summed E-state index contributed by atoms with van der Waals surface area (Å²) >= 11 is 6.12. The van der Waals surface area contributed by atoms with E-state index in [0.717, 1.165) is 40.9 Å². The molecule has 0 bridgehead atoms. The minimum absolute atomic E-state index is 0.0687. The molecule has 33 heavy (non-hydrogen) atoms. The van der Waals surface area contributed by atoms with Crippen LogP contribution in [0.1, 0.15) is 47.9 Å². The Morgan fingerprint density at radius 1 is 1.03 bits per heavy atom. The van der Waals surface area contributed by atoms with Gasteiger partial charge in [-0.1, -0.05) is 29.8 Å². The molecule has 4 aromatic rings. The van der Waals surface area contributed by atoms with Gasteiger partial charge in [0.2, 0.25) is 0 Å². The van der Waals surface area contributed by atoms with E-state index in [0.29, 0.717) is 18.4 Å². The van der Waals surface area contributed by atoms with Gasteiger partial charge in [0.1, 0.15) is 5.65 Å². The summed E-state index contributed by atoms with van der Waals surface area (Å²) in [6.45, 7) is 1.34. The minimum atomic E-state index is -0.0687. The molecule has 1 aromatic carbocycles. The van der Waals surface area contributed by atoms with Crippen LogP contribution in [-0.2, 0) is 6.54 Å². The summed E-state index contributed by atoms with van der Waals surface area (Å²) in [4.78, 5) is 17.0. The Morgan fingerprint density at radius 3 is 2.79 bits per heavy atom. The summed E-state index contributed by atoms with van der Waals surface area (Å²) in [6, 6.07) is 15.7. The average molecular weight is 460 g/mol. The van der Waals surface area contributed by atoms with Crippen LogP contribution in [0.25, 0.3) is 5.65 Å². The first-order chi connectivity index (χ1) is 16.1. The van der Waals surface area contributed by atoms with Gasteiger partial charge in [0, 0.05) is 30.0 Å². The van der Waals surface area contributed by atoms with Crippen molar-refractivity contribution in [3.63, 3.8) is 0 Å². The number of benzene rings is 1. The Bertz CT molecular complexity index is 1370. The second kappa shape index (κ2) is 8.27. The first-order valence-corrected chi connectivity index (χ1v) is 11.9. The zero-order chi connectivity index (χ0) is 22.4. The molecule has 0 amide bonds. The molecule has 6 rings (SSSR count). The minimum Gasteiger partial charge on any atom is -0.378 e. The largest absolute Gasteiger partial charge is 0.378 e.